The summed E-state index contributed by atoms with van der Waals surface area (Å²) in [5.74, 6) is -1.12. The number of benzene rings is 1. The maximum atomic E-state index is 12.6. The number of thiazole rings is 1. The molecule has 1 fully saturated rings. The predicted octanol–water partition coefficient (Wildman–Crippen LogP) is 4.13. The van der Waals surface area contributed by atoms with Crippen molar-refractivity contribution in [3.05, 3.63) is 40.9 Å². The molecule has 1 aliphatic heterocycles. The van der Waals surface area contributed by atoms with Gasteiger partial charge in [0, 0.05) is 24.0 Å². The van der Waals surface area contributed by atoms with E-state index < -0.39 is 17.7 Å². The number of hydrogen-bond acceptors (Lipinski definition) is 4. The van der Waals surface area contributed by atoms with Crippen LogP contribution in [0, 0.1) is 5.92 Å². The number of rotatable bonds is 4. The molecule has 0 saturated carbocycles. The highest BCUT2D eigenvalue weighted by molar-refractivity contribution is 7.13. The average molecular weight is 370 g/mol. The summed E-state index contributed by atoms with van der Waals surface area (Å²) in [5.41, 5.74) is 0.776. The van der Waals surface area contributed by atoms with Crippen LogP contribution in [0.1, 0.15) is 24.1 Å². The first-order chi connectivity index (χ1) is 11.8. The molecule has 1 aromatic heterocycles. The van der Waals surface area contributed by atoms with Crippen LogP contribution in [0.15, 0.2) is 29.6 Å². The van der Waals surface area contributed by atoms with E-state index in [1.165, 1.54) is 23.5 Å². The normalized spacial score (nSPS) is 19.1. The summed E-state index contributed by atoms with van der Waals surface area (Å²) < 4.78 is 37.8. The van der Waals surface area contributed by atoms with Crippen LogP contribution in [-0.4, -0.2) is 34.0 Å². The highest BCUT2D eigenvalue weighted by Gasteiger charge is 2.30. The average Bonchev–Trinajstić information content (AvgIpc) is 3.03. The van der Waals surface area contributed by atoms with Gasteiger partial charge in [-0.3, -0.25) is 9.69 Å². The number of carboxylic acid groups (broad SMARTS) is 1. The molecular formula is C17H17F3N2O2S. The van der Waals surface area contributed by atoms with E-state index in [1.54, 1.807) is 0 Å². The third-order valence-corrected chi connectivity index (χ3v) is 5.19. The number of aliphatic carboxylic acids is 1. The SMILES string of the molecule is O=C(O)C1CCCN(Cc2csc(-c3ccc(C(F)(F)F)cc3)n2)C1. The molecule has 1 N–H and O–H groups in total. The van der Waals surface area contributed by atoms with Crippen LogP contribution in [0.3, 0.4) is 0 Å². The Hall–Kier alpha value is -1.93. The van der Waals surface area contributed by atoms with Gasteiger partial charge in [0.1, 0.15) is 5.01 Å². The number of nitrogens with zero attached hydrogens (tertiary/aromatic N) is 2. The molecular weight excluding hydrogens is 353 g/mol. The summed E-state index contributed by atoms with van der Waals surface area (Å²) in [4.78, 5) is 17.7. The van der Waals surface area contributed by atoms with Gasteiger partial charge in [0.25, 0.3) is 0 Å². The van der Waals surface area contributed by atoms with Crippen LogP contribution in [0.25, 0.3) is 10.6 Å². The minimum atomic E-state index is -4.35. The second-order valence-electron chi connectivity index (χ2n) is 6.13. The molecule has 1 saturated heterocycles. The van der Waals surface area contributed by atoms with Crippen molar-refractivity contribution < 1.29 is 23.1 Å². The lowest BCUT2D eigenvalue weighted by atomic mass is 9.98. The zero-order valence-electron chi connectivity index (χ0n) is 13.3. The van der Waals surface area contributed by atoms with Gasteiger partial charge in [-0.25, -0.2) is 4.98 Å². The molecule has 0 aliphatic carbocycles. The number of aromatic nitrogens is 1. The summed E-state index contributed by atoms with van der Waals surface area (Å²) in [5, 5.41) is 11.7. The lowest BCUT2D eigenvalue weighted by Crippen LogP contribution is -2.38. The third kappa shape index (κ3) is 4.38. The molecule has 3 rings (SSSR count). The Labute approximate surface area is 146 Å². The molecule has 0 amide bonds. The predicted molar refractivity (Wildman–Crippen MR) is 88.2 cm³/mol. The molecule has 1 aliphatic rings. The minimum absolute atomic E-state index is 0.346. The number of halogens is 3. The maximum absolute atomic E-state index is 12.6. The van der Waals surface area contributed by atoms with Gasteiger partial charge < -0.3 is 5.11 Å². The van der Waals surface area contributed by atoms with Crippen LogP contribution in [-0.2, 0) is 17.5 Å². The quantitative estimate of drug-likeness (QED) is 0.879. The summed E-state index contributed by atoms with van der Waals surface area (Å²) in [7, 11) is 0. The highest BCUT2D eigenvalue weighted by atomic mass is 32.1. The molecule has 1 aromatic carbocycles. The second kappa shape index (κ2) is 7.13. The van der Waals surface area contributed by atoms with E-state index >= 15 is 0 Å². The molecule has 134 valence electrons. The summed E-state index contributed by atoms with van der Waals surface area (Å²) in [6.07, 6.45) is -2.81. The van der Waals surface area contributed by atoms with E-state index in [0.717, 1.165) is 30.8 Å². The van der Waals surface area contributed by atoms with E-state index in [9.17, 15) is 18.0 Å². The van der Waals surface area contributed by atoms with Crippen molar-refractivity contribution in [1.29, 1.82) is 0 Å². The number of piperidine rings is 1. The van der Waals surface area contributed by atoms with Crippen LogP contribution in [0.4, 0.5) is 13.2 Å². The van der Waals surface area contributed by atoms with Gasteiger partial charge >= 0.3 is 12.1 Å². The highest BCUT2D eigenvalue weighted by Crippen LogP contribution is 2.32. The van der Waals surface area contributed by atoms with Gasteiger partial charge in [-0.2, -0.15) is 13.2 Å². The Morgan fingerprint density at radius 3 is 2.68 bits per heavy atom. The summed E-state index contributed by atoms with van der Waals surface area (Å²) >= 11 is 1.38. The van der Waals surface area contributed by atoms with Gasteiger partial charge in [0.15, 0.2) is 0 Å². The zero-order valence-corrected chi connectivity index (χ0v) is 14.1. The smallest absolute Gasteiger partial charge is 0.416 e. The number of hydrogen-bond donors (Lipinski definition) is 1. The fourth-order valence-corrected chi connectivity index (χ4v) is 3.76. The van der Waals surface area contributed by atoms with Crippen LogP contribution in [0.2, 0.25) is 0 Å². The van der Waals surface area contributed by atoms with Crippen molar-refractivity contribution in [2.24, 2.45) is 5.92 Å². The molecule has 2 aromatic rings. The zero-order chi connectivity index (χ0) is 18.0. The van der Waals surface area contributed by atoms with Gasteiger partial charge in [-0.05, 0) is 31.5 Å². The van der Waals surface area contributed by atoms with E-state index in [2.05, 4.69) is 9.88 Å². The van der Waals surface area contributed by atoms with Crippen molar-refractivity contribution in [2.45, 2.75) is 25.6 Å². The standard InChI is InChI=1S/C17H17F3N2O2S/c18-17(19,20)13-5-3-11(4-6-13)15-21-14(10-25-15)9-22-7-1-2-12(8-22)16(23)24/h3-6,10,12H,1-2,7-9H2,(H,23,24). The number of likely N-dealkylation sites (tertiary alicyclic amines) is 1. The Morgan fingerprint density at radius 1 is 1.32 bits per heavy atom. The fourth-order valence-electron chi connectivity index (χ4n) is 2.94. The third-order valence-electron chi connectivity index (χ3n) is 4.25. The fraction of sp³-hybridized carbons (Fsp3) is 0.412. The Morgan fingerprint density at radius 2 is 2.04 bits per heavy atom. The minimum Gasteiger partial charge on any atom is -0.481 e. The Kier molecular flexibility index (Phi) is 5.10. The molecule has 1 atom stereocenters. The molecule has 4 nitrogen and oxygen atoms in total. The maximum Gasteiger partial charge on any atom is 0.416 e. The topological polar surface area (TPSA) is 53.4 Å². The largest absolute Gasteiger partial charge is 0.481 e. The van der Waals surface area contributed by atoms with E-state index in [-0.39, 0.29) is 5.92 Å². The monoisotopic (exact) mass is 370 g/mol. The Balaban J connectivity index is 1.67. The lowest BCUT2D eigenvalue weighted by Gasteiger charge is -2.29. The van der Waals surface area contributed by atoms with Crippen LogP contribution < -0.4 is 0 Å². The Bertz CT molecular complexity index is 743. The molecule has 2 heterocycles. The number of alkyl halides is 3. The van der Waals surface area contributed by atoms with Crippen molar-refractivity contribution in [3.8, 4) is 10.6 Å². The molecule has 0 spiro atoms. The van der Waals surface area contributed by atoms with Crippen molar-refractivity contribution in [3.63, 3.8) is 0 Å². The molecule has 0 bridgehead atoms. The number of carboxylic acids is 1. The van der Waals surface area contributed by atoms with Gasteiger partial charge in [-0.1, -0.05) is 12.1 Å². The van der Waals surface area contributed by atoms with E-state index in [4.69, 9.17) is 5.11 Å². The first-order valence-electron chi connectivity index (χ1n) is 7.90. The first kappa shape index (κ1) is 17.9. The van der Waals surface area contributed by atoms with Gasteiger partial charge in [0.2, 0.25) is 0 Å². The lowest BCUT2D eigenvalue weighted by molar-refractivity contribution is -0.143. The molecule has 8 heteroatoms. The van der Waals surface area contributed by atoms with Crippen molar-refractivity contribution in [1.82, 2.24) is 9.88 Å². The van der Waals surface area contributed by atoms with Crippen LogP contribution >= 0.6 is 11.3 Å². The van der Waals surface area contributed by atoms with Gasteiger partial charge in [0.05, 0.1) is 17.2 Å². The second-order valence-corrected chi connectivity index (χ2v) is 6.99. The van der Waals surface area contributed by atoms with E-state index in [1.807, 2.05) is 5.38 Å². The van der Waals surface area contributed by atoms with Crippen molar-refractivity contribution >= 4 is 17.3 Å². The van der Waals surface area contributed by atoms with Crippen molar-refractivity contribution in [2.75, 3.05) is 13.1 Å². The molecule has 0 radical (unpaired) electrons. The summed E-state index contributed by atoms with van der Waals surface area (Å²) in [6.45, 7) is 1.89. The summed E-state index contributed by atoms with van der Waals surface area (Å²) in [6, 6.07) is 4.95. The molecule has 1 unspecified atom stereocenters. The van der Waals surface area contributed by atoms with Crippen LogP contribution in [0.5, 0.6) is 0 Å². The first-order valence-corrected chi connectivity index (χ1v) is 8.78. The van der Waals surface area contributed by atoms with Gasteiger partial charge in [-0.15, -0.1) is 11.3 Å². The van der Waals surface area contributed by atoms with E-state index in [0.29, 0.717) is 30.1 Å². The number of carbonyl (C=O) groups is 1. The molecule has 25 heavy (non-hydrogen) atoms.